The number of hydrogen-bond donors (Lipinski definition) is 2. The van der Waals surface area contributed by atoms with E-state index in [-0.39, 0.29) is 5.91 Å². The monoisotopic (exact) mass is 488 g/mol. The third kappa shape index (κ3) is 6.11. The maximum Gasteiger partial charge on any atom is 0.253 e. The fraction of sp³-hybridized carbons (Fsp3) is 0.227. The fourth-order valence-corrected chi connectivity index (χ4v) is 3.65. The minimum atomic E-state index is -3.40. The minimum absolute atomic E-state index is 0.0856. The number of rotatable bonds is 8. The normalized spacial score (nSPS) is 11.1. The van der Waals surface area contributed by atoms with Crippen molar-refractivity contribution in [2.45, 2.75) is 6.54 Å². The number of hydrogen-bond acceptors (Lipinski definition) is 7. The summed E-state index contributed by atoms with van der Waals surface area (Å²) >= 11 is 6.26. The number of benzene rings is 2. The number of halogens is 1. The predicted molar refractivity (Wildman–Crippen MR) is 132 cm³/mol. The molecule has 0 saturated heterocycles. The predicted octanol–water partition coefficient (Wildman–Crippen LogP) is 3.58. The number of nitrogens with one attached hydrogen (secondary N) is 2. The lowest BCUT2D eigenvalue weighted by atomic mass is 10.2. The van der Waals surface area contributed by atoms with E-state index in [2.05, 4.69) is 20.6 Å². The zero-order valence-electron chi connectivity index (χ0n) is 18.7. The highest BCUT2D eigenvalue weighted by Crippen LogP contribution is 2.25. The number of para-hydroxylation sites is 1. The van der Waals surface area contributed by atoms with E-state index in [0.29, 0.717) is 40.3 Å². The van der Waals surface area contributed by atoms with Gasteiger partial charge in [0.2, 0.25) is 16.0 Å². The van der Waals surface area contributed by atoms with Crippen molar-refractivity contribution in [2.75, 3.05) is 42.3 Å². The Morgan fingerprint density at radius 2 is 1.73 bits per heavy atom. The molecule has 1 aromatic heterocycles. The van der Waals surface area contributed by atoms with Gasteiger partial charge >= 0.3 is 0 Å². The molecule has 2 aromatic carbocycles. The van der Waals surface area contributed by atoms with Gasteiger partial charge in [-0.05, 0) is 35.9 Å². The van der Waals surface area contributed by atoms with Crippen LogP contribution in [0.15, 0.2) is 54.7 Å². The molecule has 0 aliphatic carbocycles. The smallest absolute Gasteiger partial charge is 0.253 e. The molecular formula is C22H25ClN6O3S. The van der Waals surface area contributed by atoms with Gasteiger partial charge in [-0.15, -0.1) is 0 Å². The summed E-state index contributed by atoms with van der Waals surface area (Å²) in [6.07, 6.45) is 2.62. The van der Waals surface area contributed by atoms with Gasteiger partial charge in [-0.1, -0.05) is 29.8 Å². The lowest BCUT2D eigenvalue weighted by Gasteiger charge is -2.20. The molecule has 1 heterocycles. The second-order valence-corrected chi connectivity index (χ2v) is 9.93. The number of anilines is 4. The van der Waals surface area contributed by atoms with Gasteiger partial charge in [0.25, 0.3) is 5.91 Å². The minimum Gasteiger partial charge on any atom is -0.365 e. The molecule has 3 rings (SSSR count). The van der Waals surface area contributed by atoms with Crippen molar-refractivity contribution in [3.05, 3.63) is 70.9 Å². The van der Waals surface area contributed by atoms with Crippen LogP contribution in [0.3, 0.4) is 0 Å². The van der Waals surface area contributed by atoms with E-state index in [9.17, 15) is 13.2 Å². The summed E-state index contributed by atoms with van der Waals surface area (Å²) in [5.41, 5.74) is 2.60. The summed E-state index contributed by atoms with van der Waals surface area (Å²) in [6, 6.07) is 14.1. The average molecular weight is 489 g/mol. The summed E-state index contributed by atoms with van der Waals surface area (Å²) in [7, 11) is 1.49. The lowest BCUT2D eigenvalue weighted by Crippen LogP contribution is -2.26. The summed E-state index contributed by atoms with van der Waals surface area (Å²) in [5, 5.41) is 6.55. The van der Waals surface area contributed by atoms with E-state index in [4.69, 9.17) is 11.6 Å². The molecule has 0 fully saturated rings. The van der Waals surface area contributed by atoms with Crippen molar-refractivity contribution in [1.29, 1.82) is 0 Å². The number of nitrogens with zero attached hydrogens (tertiary/aromatic N) is 4. The molecule has 2 N–H and O–H groups in total. The van der Waals surface area contributed by atoms with Gasteiger partial charge in [-0.3, -0.25) is 9.10 Å². The van der Waals surface area contributed by atoms with Gasteiger partial charge in [0.05, 0.1) is 18.1 Å². The van der Waals surface area contributed by atoms with E-state index in [1.165, 1.54) is 22.4 Å². The van der Waals surface area contributed by atoms with Crippen LogP contribution >= 0.6 is 11.6 Å². The molecule has 3 aromatic rings. The second kappa shape index (κ2) is 10.1. The van der Waals surface area contributed by atoms with Crippen molar-refractivity contribution in [3.63, 3.8) is 0 Å². The van der Waals surface area contributed by atoms with Crippen LogP contribution in [0.2, 0.25) is 5.02 Å². The third-order valence-electron chi connectivity index (χ3n) is 4.81. The first-order valence-corrected chi connectivity index (χ1v) is 12.2. The number of carbonyl (C=O) groups is 1. The van der Waals surface area contributed by atoms with Gasteiger partial charge in [0.1, 0.15) is 5.02 Å². The van der Waals surface area contributed by atoms with Crippen LogP contribution in [0, 0.1) is 0 Å². The van der Waals surface area contributed by atoms with Crippen molar-refractivity contribution in [3.8, 4) is 0 Å². The Bertz CT molecular complexity index is 1250. The fourth-order valence-electron chi connectivity index (χ4n) is 2.96. The number of carbonyl (C=O) groups excluding carboxylic acids is 1. The Hall–Kier alpha value is -3.37. The Kier molecular flexibility index (Phi) is 7.39. The zero-order valence-corrected chi connectivity index (χ0v) is 20.3. The van der Waals surface area contributed by atoms with Gasteiger partial charge < -0.3 is 15.5 Å². The molecule has 0 unspecified atom stereocenters. The van der Waals surface area contributed by atoms with Crippen LogP contribution in [-0.2, 0) is 16.6 Å². The van der Waals surface area contributed by atoms with Gasteiger partial charge in [-0.2, -0.15) is 4.98 Å². The van der Waals surface area contributed by atoms with E-state index in [1.807, 2.05) is 12.1 Å². The molecule has 0 atom stereocenters. The SMILES string of the molecule is CN(C)C(=O)c1ccc(Nc2ncc(Cl)c(NCc3ccccc3N(C)S(C)(=O)=O)n2)cc1. The van der Waals surface area contributed by atoms with Gasteiger partial charge in [0, 0.05) is 38.9 Å². The van der Waals surface area contributed by atoms with E-state index < -0.39 is 10.0 Å². The lowest BCUT2D eigenvalue weighted by molar-refractivity contribution is 0.0827. The second-order valence-electron chi connectivity index (χ2n) is 7.50. The van der Waals surface area contributed by atoms with Crippen LogP contribution in [0.4, 0.5) is 23.1 Å². The van der Waals surface area contributed by atoms with Crippen molar-refractivity contribution >= 4 is 50.7 Å². The van der Waals surface area contributed by atoms with Crippen LogP contribution < -0.4 is 14.9 Å². The molecule has 0 saturated carbocycles. The molecule has 11 heteroatoms. The highest BCUT2D eigenvalue weighted by molar-refractivity contribution is 7.92. The molecule has 0 bridgehead atoms. The molecule has 0 radical (unpaired) electrons. The first-order chi connectivity index (χ1) is 15.6. The topological polar surface area (TPSA) is 108 Å². The average Bonchev–Trinajstić information content (AvgIpc) is 2.78. The number of aromatic nitrogens is 2. The summed E-state index contributed by atoms with van der Waals surface area (Å²) < 4.78 is 25.1. The summed E-state index contributed by atoms with van der Waals surface area (Å²) in [4.78, 5) is 22.2. The van der Waals surface area contributed by atoms with Crippen molar-refractivity contribution in [2.24, 2.45) is 0 Å². The highest BCUT2D eigenvalue weighted by Gasteiger charge is 2.16. The van der Waals surface area contributed by atoms with E-state index in [1.54, 1.807) is 50.5 Å². The van der Waals surface area contributed by atoms with Crippen LogP contribution in [0.25, 0.3) is 0 Å². The Morgan fingerprint density at radius 3 is 2.36 bits per heavy atom. The molecule has 33 heavy (non-hydrogen) atoms. The molecule has 174 valence electrons. The Labute approximate surface area is 198 Å². The van der Waals surface area contributed by atoms with Crippen molar-refractivity contribution in [1.82, 2.24) is 14.9 Å². The molecular weight excluding hydrogens is 464 g/mol. The van der Waals surface area contributed by atoms with E-state index >= 15 is 0 Å². The standard InChI is InChI=1S/C22H25ClN6O3S/c1-28(2)21(30)15-9-11-17(12-10-15)26-22-25-14-18(23)20(27-22)24-13-16-7-5-6-8-19(16)29(3)33(4,31)32/h5-12,14H,13H2,1-4H3,(H2,24,25,26,27). The maximum absolute atomic E-state index is 12.0. The maximum atomic E-state index is 12.0. The first kappa shape index (κ1) is 24.3. The molecule has 0 spiro atoms. The quantitative estimate of drug-likeness (QED) is 0.499. The largest absolute Gasteiger partial charge is 0.365 e. The van der Waals surface area contributed by atoms with Gasteiger partial charge in [-0.25, -0.2) is 13.4 Å². The molecule has 0 aliphatic rings. The number of sulfonamides is 1. The first-order valence-electron chi connectivity index (χ1n) is 9.93. The molecule has 9 nitrogen and oxygen atoms in total. The summed E-state index contributed by atoms with van der Waals surface area (Å²) in [6.45, 7) is 0.299. The van der Waals surface area contributed by atoms with E-state index in [0.717, 1.165) is 11.8 Å². The van der Waals surface area contributed by atoms with Crippen LogP contribution in [-0.4, -0.2) is 56.6 Å². The van der Waals surface area contributed by atoms with Crippen LogP contribution in [0.1, 0.15) is 15.9 Å². The van der Waals surface area contributed by atoms with Gasteiger partial charge in [0.15, 0.2) is 5.82 Å². The van der Waals surface area contributed by atoms with Crippen molar-refractivity contribution < 1.29 is 13.2 Å². The highest BCUT2D eigenvalue weighted by atomic mass is 35.5. The molecule has 0 aliphatic heterocycles. The Morgan fingerprint density at radius 1 is 1.06 bits per heavy atom. The Balaban J connectivity index is 1.75. The third-order valence-corrected chi connectivity index (χ3v) is 6.28. The summed E-state index contributed by atoms with van der Waals surface area (Å²) in [5.74, 6) is 0.623. The molecule has 1 amide bonds. The number of amides is 1. The zero-order chi connectivity index (χ0) is 24.2. The van der Waals surface area contributed by atoms with Crippen LogP contribution in [0.5, 0.6) is 0 Å².